The van der Waals surface area contributed by atoms with Crippen molar-refractivity contribution >= 4 is 23.6 Å². The molecular formula is C14H19ClN2O3. The van der Waals surface area contributed by atoms with Gasteiger partial charge in [-0.3, -0.25) is 4.79 Å². The van der Waals surface area contributed by atoms with Crippen molar-refractivity contribution in [3.63, 3.8) is 0 Å². The molecule has 2 N–H and O–H groups in total. The minimum absolute atomic E-state index is 0.135. The maximum atomic E-state index is 11.9. The van der Waals surface area contributed by atoms with Gasteiger partial charge in [0.1, 0.15) is 0 Å². The minimum Gasteiger partial charge on any atom is -0.481 e. The van der Waals surface area contributed by atoms with E-state index in [9.17, 15) is 9.59 Å². The average Bonchev–Trinajstić information content (AvgIpc) is 2.41. The van der Waals surface area contributed by atoms with Gasteiger partial charge in [0, 0.05) is 25.2 Å². The Morgan fingerprint density at radius 2 is 1.95 bits per heavy atom. The molecule has 0 spiro atoms. The first-order chi connectivity index (χ1) is 9.43. The van der Waals surface area contributed by atoms with E-state index in [4.69, 9.17) is 16.7 Å². The molecule has 0 aliphatic heterocycles. The van der Waals surface area contributed by atoms with Gasteiger partial charge < -0.3 is 15.3 Å². The maximum absolute atomic E-state index is 11.9. The molecule has 1 atom stereocenters. The Balaban J connectivity index is 2.46. The van der Waals surface area contributed by atoms with Gasteiger partial charge in [0.25, 0.3) is 0 Å². The zero-order chi connectivity index (χ0) is 15.1. The van der Waals surface area contributed by atoms with Crippen LogP contribution < -0.4 is 5.32 Å². The average molecular weight is 299 g/mol. The highest BCUT2D eigenvalue weighted by molar-refractivity contribution is 6.30. The van der Waals surface area contributed by atoms with Gasteiger partial charge in [0.15, 0.2) is 0 Å². The molecule has 1 aromatic carbocycles. The van der Waals surface area contributed by atoms with Crippen LogP contribution in [0.2, 0.25) is 5.02 Å². The molecule has 0 saturated carbocycles. The van der Waals surface area contributed by atoms with Crippen LogP contribution in [0.3, 0.4) is 0 Å². The lowest BCUT2D eigenvalue weighted by atomic mass is 10.1. The molecule has 0 saturated heterocycles. The van der Waals surface area contributed by atoms with Crippen molar-refractivity contribution < 1.29 is 14.7 Å². The molecule has 1 rings (SSSR count). The summed E-state index contributed by atoms with van der Waals surface area (Å²) in [7, 11) is 1.66. The Hall–Kier alpha value is -1.75. The molecule has 2 amide bonds. The highest BCUT2D eigenvalue weighted by Gasteiger charge is 2.17. The monoisotopic (exact) mass is 298 g/mol. The van der Waals surface area contributed by atoms with Crippen LogP contribution in [-0.4, -0.2) is 35.6 Å². The van der Waals surface area contributed by atoms with E-state index in [2.05, 4.69) is 5.32 Å². The summed E-state index contributed by atoms with van der Waals surface area (Å²) in [5.41, 5.74) is 0.956. The third kappa shape index (κ3) is 5.09. The van der Waals surface area contributed by atoms with E-state index in [1.165, 1.54) is 4.90 Å². The SMILES string of the molecule is CCC(CNC(=O)N(C)Cc1ccc(Cl)cc1)C(=O)O. The molecule has 0 aliphatic rings. The molecule has 1 aromatic rings. The van der Waals surface area contributed by atoms with Crippen molar-refractivity contribution in [2.75, 3.05) is 13.6 Å². The fraction of sp³-hybridized carbons (Fsp3) is 0.429. The maximum Gasteiger partial charge on any atom is 0.317 e. The van der Waals surface area contributed by atoms with E-state index in [1.807, 2.05) is 12.1 Å². The second-order valence-electron chi connectivity index (χ2n) is 4.61. The number of carbonyl (C=O) groups is 2. The van der Waals surface area contributed by atoms with E-state index in [-0.39, 0.29) is 12.6 Å². The normalized spacial score (nSPS) is 11.8. The molecule has 0 radical (unpaired) electrons. The molecule has 6 heteroatoms. The van der Waals surface area contributed by atoms with Gasteiger partial charge in [0.2, 0.25) is 0 Å². The van der Waals surface area contributed by atoms with Gasteiger partial charge in [0.05, 0.1) is 5.92 Å². The van der Waals surface area contributed by atoms with Crippen LogP contribution in [0.4, 0.5) is 4.79 Å². The summed E-state index contributed by atoms with van der Waals surface area (Å²) in [5, 5.41) is 12.2. The Bertz CT molecular complexity index is 462. The third-order valence-electron chi connectivity index (χ3n) is 3.02. The van der Waals surface area contributed by atoms with Crippen molar-refractivity contribution in [1.29, 1.82) is 0 Å². The number of nitrogens with one attached hydrogen (secondary N) is 1. The summed E-state index contributed by atoms with van der Waals surface area (Å²) in [6, 6.07) is 6.93. The van der Waals surface area contributed by atoms with Crippen molar-refractivity contribution in [2.45, 2.75) is 19.9 Å². The third-order valence-corrected chi connectivity index (χ3v) is 3.27. The molecule has 5 nitrogen and oxygen atoms in total. The first-order valence-electron chi connectivity index (χ1n) is 6.40. The van der Waals surface area contributed by atoms with E-state index >= 15 is 0 Å². The van der Waals surface area contributed by atoms with E-state index < -0.39 is 11.9 Å². The molecule has 0 heterocycles. The number of carboxylic acid groups (broad SMARTS) is 1. The number of urea groups is 1. The zero-order valence-corrected chi connectivity index (χ0v) is 12.4. The van der Waals surface area contributed by atoms with Gasteiger partial charge in [-0.25, -0.2) is 4.79 Å². The quantitative estimate of drug-likeness (QED) is 0.848. The Kier molecular flexibility index (Phi) is 6.31. The molecule has 1 unspecified atom stereocenters. The van der Waals surface area contributed by atoms with Crippen LogP contribution in [0.1, 0.15) is 18.9 Å². The number of carboxylic acids is 1. The van der Waals surface area contributed by atoms with Crippen molar-refractivity contribution in [1.82, 2.24) is 10.2 Å². The molecule has 0 aliphatic carbocycles. The highest BCUT2D eigenvalue weighted by atomic mass is 35.5. The smallest absolute Gasteiger partial charge is 0.317 e. The number of halogens is 1. The lowest BCUT2D eigenvalue weighted by Crippen LogP contribution is -2.40. The molecule has 110 valence electrons. The van der Waals surface area contributed by atoms with Gasteiger partial charge in [-0.2, -0.15) is 0 Å². The van der Waals surface area contributed by atoms with Crippen LogP contribution in [0.15, 0.2) is 24.3 Å². The van der Waals surface area contributed by atoms with Gasteiger partial charge in [-0.15, -0.1) is 0 Å². The van der Waals surface area contributed by atoms with Crippen LogP contribution >= 0.6 is 11.6 Å². The molecular weight excluding hydrogens is 280 g/mol. The summed E-state index contributed by atoms with van der Waals surface area (Å²) >= 11 is 5.79. The number of carbonyl (C=O) groups excluding carboxylic acids is 1. The fourth-order valence-electron chi connectivity index (χ4n) is 1.69. The topological polar surface area (TPSA) is 69.6 Å². The van der Waals surface area contributed by atoms with Crippen molar-refractivity contribution in [2.24, 2.45) is 5.92 Å². The molecule has 0 aromatic heterocycles. The first kappa shape index (κ1) is 16.3. The van der Waals surface area contributed by atoms with E-state index in [0.717, 1.165) is 5.56 Å². The predicted molar refractivity (Wildman–Crippen MR) is 77.7 cm³/mol. The largest absolute Gasteiger partial charge is 0.481 e. The summed E-state index contributed by atoms with van der Waals surface area (Å²) < 4.78 is 0. The van der Waals surface area contributed by atoms with E-state index in [0.29, 0.717) is 18.0 Å². The summed E-state index contributed by atoms with van der Waals surface area (Å²) in [4.78, 5) is 24.2. The number of nitrogens with zero attached hydrogens (tertiary/aromatic N) is 1. The second-order valence-corrected chi connectivity index (χ2v) is 5.05. The number of benzene rings is 1. The summed E-state index contributed by atoms with van der Waals surface area (Å²) in [6.45, 7) is 2.35. The fourth-order valence-corrected chi connectivity index (χ4v) is 1.81. The molecule has 0 bridgehead atoms. The van der Waals surface area contributed by atoms with Crippen molar-refractivity contribution in [3.05, 3.63) is 34.9 Å². The summed E-state index contributed by atoms with van der Waals surface area (Å²) in [6.07, 6.45) is 0.483. The highest BCUT2D eigenvalue weighted by Crippen LogP contribution is 2.11. The number of rotatable bonds is 6. The predicted octanol–water partition coefficient (Wildman–Crippen LogP) is 2.59. The Morgan fingerprint density at radius 3 is 2.45 bits per heavy atom. The van der Waals surface area contributed by atoms with Crippen molar-refractivity contribution in [3.8, 4) is 0 Å². The zero-order valence-electron chi connectivity index (χ0n) is 11.6. The standard InChI is InChI=1S/C14H19ClN2O3/c1-3-11(13(18)19)8-16-14(20)17(2)9-10-4-6-12(15)7-5-10/h4-7,11H,3,8-9H2,1-2H3,(H,16,20)(H,18,19). The number of amides is 2. The van der Waals surface area contributed by atoms with Gasteiger partial charge in [-0.05, 0) is 24.1 Å². The van der Waals surface area contributed by atoms with Crippen LogP contribution in [0.25, 0.3) is 0 Å². The second kappa shape index (κ2) is 7.75. The Labute approximate surface area is 123 Å². The van der Waals surface area contributed by atoms with Crippen LogP contribution in [0.5, 0.6) is 0 Å². The van der Waals surface area contributed by atoms with Gasteiger partial charge in [-0.1, -0.05) is 30.7 Å². The molecule has 20 heavy (non-hydrogen) atoms. The molecule has 0 fully saturated rings. The number of aliphatic carboxylic acids is 1. The Morgan fingerprint density at radius 1 is 1.35 bits per heavy atom. The van der Waals surface area contributed by atoms with Crippen LogP contribution in [-0.2, 0) is 11.3 Å². The number of hydrogen-bond donors (Lipinski definition) is 2. The summed E-state index contributed by atoms with van der Waals surface area (Å²) in [5.74, 6) is -1.45. The first-order valence-corrected chi connectivity index (χ1v) is 6.78. The minimum atomic E-state index is -0.895. The van der Waals surface area contributed by atoms with E-state index in [1.54, 1.807) is 26.1 Å². The lowest BCUT2D eigenvalue weighted by Gasteiger charge is -2.19. The lowest BCUT2D eigenvalue weighted by molar-refractivity contribution is -0.141. The number of hydrogen-bond acceptors (Lipinski definition) is 2. The van der Waals surface area contributed by atoms with Crippen LogP contribution in [0, 0.1) is 5.92 Å². The van der Waals surface area contributed by atoms with Gasteiger partial charge >= 0.3 is 12.0 Å².